The molecule has 0 unspecified atom stereocenters. The zero-order valence-electron chi connectivity index (χ0n) is 15.5. The number of nitrogens with zero attached hydrogens (tertiary/aromatic N) is 3. The van der Waals surface area contributed by atoms with Gasteiger partial charge in [-0.05, 0) is 43.7 Å². The molecule has 2 N–H and O–H groups in total. The third-order valence-corrected chi connectivity index (χ3v) is 3.79. The maximum absolute atomic E-state index is 12.2. The average molecular weight is 341 g/mol. The molecule has 2 aromatic rings. The van der Waals surface area contributed by atoms with Crippen LogP contribution in [-0.2, 0) is 0 Å². The van der Waals surface area contributed by atoms with Gasteiger partial charge >= 0.3 is 0 Å². The van der Waals surface area contributed by atoms with Crippen molar-refractivity contribution in [3.05, 3.63) is 41.7 Å². The van der Waals surface area contributed by atoms with Crippen LogP contribution in [0.2, 0.25) is 0 Å². The lowest BCUT2D eigenvalue weighted by Crippen LogP contribution is -2.25. The number of aryl methyl sites for hydroxylation is 1. The van der Waals surface area contributed by atoms with Crippen molar-refractivity contribution in [1.29, 1.82) is 0 Å². The Bertz CT molecular complexity index is 697. The van der Waals surface area contributed by atoms with Gasteiger partial charge in [-0.3, -0.25) is 4.79 Å². The molecule has 25 heavy (non-hydrogen) atoms. The van der Waals surface area contributed by atoms with Gasteiger partial charge in [0.05, 0.1) is 0 Å². The minimum atomic E-state index is -0.160. The second-order valence-electron chi connectivity index (χ2n) is 6.25. The molecule has 0 bridgehead atoms. The number of carbonyl (C=O) groups excluding carboxylic acids is 1. The van der Waals surface area contributed by atoms with Crippen LogP contribution in [0.4, 0.5) is 17.3 Å². The van der Waals surface area contributed by atoms with E-state index in [0.29, 0.717) is 18.2 Å². The molecule has 1 aromatic heterocycles. The summed E-state index contributed by atoms with van der Waals surface area (Å²) in [5.74, 6) is 0.268. The van der Waals surface area contributed by atoms with E-state index < -0.39 is 0 Å². The lowest BCUT2D eigenvalue weighted by Gasteiger charge is -2.13. The van der Waals surface area contributed by atoms with Crippen LogP contribution in [0.15, 0.2) is 30.3 Å². The first kappa shape index (κ1) is 18.7. The van der Waals surface area contributed by atoms with Crippen LogP contribution in [0.3, 0.4) is 0 Å². The van der Waals surface area contributed by atoms with Crippen LogP contribution in [-0.4, -0.2) is 36.5 Å². The van der Waals surface area contributed by atoms with Crippen LogP contribution in [0.25, 0.3) is 0 Å². The maximum Gasteiger partial charge on any atom is 0.270 e. The van der Waals surface area contributed by atoms with Gasteiger partial charge in [-0.25, -0.2) is 9.97 Å². The summed E-state index contributed by atoms with van der Waals surface area (Å²) in [4.78, 5) is 23.0. The Labute approximate surface area is 149 Å². The summed E-state index contributed by atoms with van der Waals surface area (Å²) in [7, 11) is 4.00. The molecule has 2 rings (SSSR count). The number of rotatable bonds is 8. The smallest absolute Gasteiger partial charge is 0.270 e. The minimum Gasteiger partial charge on any atom is -0.378 e. The van der Waals surface area contributed by atoms with E-state index in [2.05, 4.69) is 27.5 Å². The van der Waals surface area contributed by atoms with Crippen molar-refractivity contribution in [2.75, 3.05) is 30.9 Å². The average Bonchev–Trinajstić information content (AvgIpc) is 2.58. The number of hydrogen-bond acceptors (Lipinski definition) is 5. The molecular weight excluding hydrogens is 314 g/mol. The summed E-state index contributed by atoms with van der Waals surface area (Å²) in [6, 6.07) is 9.66. The standard InChI is InChI=1S/C19H27N5O/c1-5-6-7-12-20-18(25)17-13-14(2)21-19(23-17)22-15-8-10-16(11-9-15)24(3)4/h8-11,13H,5-7,12H2,1-4H3,(H,20,25)(H,21,22,23). The highest BCUT2D eigenvalue weighted by Crippen LogP contribution is 2.18. The number of unbranched alkanes of at least 4 members (excludes halogenated alkanes) is 2. The molecule has 0 spiro atoms. The minimum absolute atomic E-state index is 0.160. The lowest BCUT2D eigenvalue weighted by atomic mass is 10.2. The summed E-state index contributed by atoms with van der Waals surface area (Å²) in [6.45, 7) is 4.67. The highest BCUT2D eigenvalue weighted by molar-refractivity contribution is 5.92. The van der Waals surface area contributed by atoms with E-state index in [1.165, 1.54) is 0 Å². The molecule has 1 aromatic carbocycles. The van der Waals surface area contributed by atoms with Gasteiger partial charge < -0.3 is 15.5 Å². The Hall–Kier alpha value is -2.63. The van der Waals surface area contributed by atoms with E-state index in [1.807, 2.05) is 50.2 Å². The van der Waals surface area contributed by atoms with Crippen LogP contribution >= 0.6 is 0 Å². The highest BCUT2D eigenvalue weighted by atomic mass is 16.1. The molecule has 1 heterocycles. The van der Waals surface area contributed by atoms with Gasteiger partial charge in [-0.2, -0.15) is 0 Å². The second-order valence-corrected chi connectivity index (χ2v) is 6.25. The molecule has 1 amide bonds. The molecule has 134 valence electrons. The Morgan fingerprint density at radius 1 is 1.12 bits per heavy atom. The first-order valence-corrected chi connectivity index (χ1v) is 8.68. The van der Waals surface area contributed by atoms with Gasteiger partial charge in [-0.1, -0.05) is 19.8 Å². The third kappa shape index (κ3) is 5.74. The van der Waals surface area contributed by atoms with E-state index in [0.717, 1.165) is 36.3 Å². The molecule has 6 nitrogen and oxygen atoms in total. The van der Waals surface area contributed by atoms with Crippen LogP contribution in [0.5, 0.6) is 0 Å². The van der Waals surface area contributed by atoms with Gasteiger partial charge in [0.1, 0.15) is 5.69 Å². The summed E-state index contributed by atoms with van der Waals surface area (Å²) in [5.41, 5.74) is 3.13. The lowest BCUT2D eigenvalue weighted by molar-refractivity contribution is 0.0948. The summed E-state index contributed by atoms with van der Waals surface area (Å²) in [6.07, 6.45) is 3.22. The van der Waals surface area contributed by atoms with E-state index in [4.69, 9.17) is 0 Å². The fourth-order valence-corrected chi connectivity index (χ4v) is 2.38. The van der Waals surface area contributed by atoms with Crippen LogP contribution in [0, 0.1) is 6.92 Å². The molecule has 6 heteroatoms. The van der Waals surface area contributed by atoms with Crippen molar-refractivity contribution in [2.45, 2.75) is 33.1 Å². The van der Waals surface area contributed by atoms with Crippen molar-refractivity contribution in [3.63, 3.8) is 0 Å². The van der Waals surface area contributed by atoms with Crippen molar-refractivity contribution < 1.29 is 4.79 Å². The normalized spacial score (nSPS) is 10.4. The van der Waals surface area contributed by atoms with Gasteiger partial charge in [0, 0.05) is 37.7 Å². The molecule has 0 saturated carbocycles. The van der Waals surface area contributed by atoms with Gasteiger partial charge in [-0.15, -0.1) is 0 Å². The Morgan fingerprint density at radius 2 is 1.84 bits per heavy atom. The van der Waals surface area contributed by atoms with Crippen molar-refractivity contribution >= 4 is 23.2 Å². The fraction of sp³-hybridized carbons (Fsp3) is 0.421. The fourth-order valence-electron chi connectivity index (χ4n) is 2.38. The molecule has 0 radical (unpaired) electrons. The number of hydrogen-bond donors (Lipinski definition) is 2. The number of amides is 1. The molecule has 0 aliphatic heterocycles. The Kier molecular flexibility index (Phi) is 6.74. The molecule has 0 aliphatic carbocycles. The highest BCUT2D eigenvalue weighted by Gasteiger charge is 2.10. The van der Waals surface area contributed by atoms with Crippen LogP contribution in [0.1, 0.15) is 42.4 Å². The molecule has 0 saturated heterocycles. The first-order valence-electron chi connectivity index (χ1n) is 8.68. The quantitative estimate of drug-likeness (QED) is 0.719. The largest absolute Gasteiger partial charge is 0.378 e. The zero-order chi connectivity index (χ0) is 18.2. The molecule has 0 aliphatic rings. The summed E-state index contributed by atoms with van der Waals surface area (Å²) >= 11 is 0. The topological polar surface area (TPSA) is 70.2 Å². The van der Waals surface area contributed by atoms with Crippen LogP contribution < -0.4 is 15.5 Å². The molecule has 0 atom stereocenters. The number of nitrogens with one attached hydrogen (secondary N) is 2. The van der Waals surface area contributed by atoms with Crippen molar-refractivity contribution in [2.24, 2.45) is 0 Å². The van der Waals surface area contributed by atoms with Crippen molar-refractivity contribution in [1.82, 2.24) is 15.3 Å². The number of aromatic nitrogens is 2. The third-order valence-electron chi connectivity index (χ3n) is 3.79. The van der Waals surface area contributed by atoms with E-state index in [1.54, 1.807) is 6.07 Å². The predicted molar refractivity (Wildman–Crippen MR) is 103 cm³/mol. The van der Waals surface area contributed by atoms with Gasteiger partial charge in [0.15, 0.2) is 0 Å². The number of carbonyl (C=O) groups is 1. The SMILES string of the molecule is CCCCCNC(=O)c1cc(C)nc(Nc2ccc(N(C)C)cc2)n1. The van der Waals surface area contributed by atoms with Gasteiger partial charge in [0.2, 0.25) is 5.95 Å². The summed E-state index contributed by atoms with van der Waals surface area (Å²) in [5, 5.41) is 6.07. The van der Waals surface area contributed by atoms with E-state index in [9.17, 15) is 4.79 Å². The monoisotopic (exact) mass is 341 g/mol. The Balaban J connectivity index is 2.06. The number of benzene rings is 1. The Morgan fingerprint density at radius 3 is 2.48 bits per heavy atom. The second kappa shape index (κ2) is 9.01. The number of anilines is 3. The predicted octanol–water partition coefficient (Wildman–Crippen LogP) is 3.51. The first-order chi connectivity index (χ1) is 12.0. The molecular formula is C19H27N5O. The van der Waals surface area contributed by atoms with E-state index >= 15 is 0 Å². The zero-order valence-corrected chi connectivity index (χ0v) is 15.5. The summed E-state index contributed by atoms with van der Waals surface area (Å²) < 4.78 is 0. The maximum atomic E-state index is 12.2. The van der Waals surface area contributed by atoms with E-state index in [-0.39, 0.29) is 5.91 Å². The van der Waals surface area contributed by atoms with Crippen molar-refractivity contribution in [3.8, 4) is 0 Å². The van der Waals surface area contributed by atoms with Gasteiger partial charge in [0.25, 0.3) is 5.91 Å². The molecule has 0 fully saturated rings.